The Morgan fingerprint density at radius 1 is 1.44 bits per heavy atom. The Bertz CT molecular complexity index is 385. The van der Waals surface area contributed by atoms with Gasteiger partial charge in [0.1, 0.15) is 5.84 Å². The summed E-state index contributed by atoms with van der Waals surface area (Å²) in [5.74, 6) is 6.23. The van der Waals surface area contributed by atoms with Gasteiger partial charge in [-0.25, -0.2) is 5.84 Å². The Balaban J connectivity index is 2.21. The van der Waals surface area contributed by atoms with Crippen LogP contribution in [0.3, 0.4) is 0 Å². The number of hydrogen-bond acceptors (Lipinski definition) is 3. The van der Waals surface area contributed by atoms with Gasteiger partial charge in [-0.3, -0.25) is 9.98 Å². The van der Waals surface area contributed by atoms with E-state index in [0.29, 0.717) is 6.04 Å². The molecule has 1 heterocycles. The smallest absolute Gasteiger partial charge is 0.144 e. The maximum atomic E-state index is 5.51. The first-order valence-corrected chi connectivity index (χ1v) is 6.24. The van der Waals surface area contributed by atoms with Crippen LogP contribution in [-0.4, -0.2) is 16.9 Å². The zero-order chi connectivity index (χ0) is 11.4. The molecule has 1 aromatic heterocycles. The van der Waals surface area contributed by atoms with Crippen molar-refractivity contribution in [2.45, 2.75) is 31.7 Å². The number of amidine groups is 1. The number of nitrogens with two attached hydrogens (primary N) is 1. The number of aromatic nitrogens is 1. The van der Waals surface area contributed by atoms with Gasteiger partial charge in [0.25, 0.3) is 0 Å². The van der Waals surface area contributed by atoms with E-state index in [-0.39, 0.29) is 0 Å². The number of rotatable bonds is 2. The van der Waals surface area contributed by atoms with Crippen LogP contribution in [-0.2, 0) is 0 Å². The largest absolute Gasteiger partial charge is 0.308 e. The third kappa shape index (κ3) is 2.80. The minimum Gasteiger partial charge on any atom is -0.308 e. The van der Waals surface area contributed by atoms with Crippen molar-refractivity contribution in [1.29, 1.82) is 0 Å². The normalized spacial score (nSPS) is 17.8. The fourth-order valence-corrected chi connectivity index (χ4v) is 2.32. The second kappa shape index (κ2) is 5.41. The van der Waals surface area contributed by atoms with Crippen LogP contribution in [0.4, 0.5) is 0 Å². The molecule has 2 rings (SSSR count). The van der Waals surface area contributed by atoms with Gasteiger partial charge in [0.2, 0.25) is 0 Å². The number of hydrazine groups is 1. The van der Waals surface area contributed by atoms with E-state index < -0.39 is 0 Å². The molecule has 0 unspecified atom stereocenters. The second-order valence-electron chi connectivity index (χ2n) is 3.95. The molecule has 0 bridgehead atoms. The van der Waals surface area contributed by atoms with Crippen LogP contribution >= 0.6 is 15.9 Å². The molecule has 1 aliphatic rings. The van der Waals surface area contributed by atoms with Gasteiger partial charge in [0.05, 0.1) is 6.04 Å². The Kier molecular flexibility index (Phi) is 3.90. The van der Waals surface area contributed by atoms with E-state index in [1.165, 1.54) is 12.8 Å². The molecule has 0 aromatic carbocycles. The highest BCUT2D eigenvalue weighted by molar-refractivity contribution is 9.10. The summed E-state index contributed by atoms with van der Waals surface area (Å²) >= 11 is 3.39. The summed E-state index contributed by atoms with van der Waals surface area (Å²) in [4.78, 5) is 8.73. The summed E-state index contributed by atoms with van der Waals surface area (Å²) in [6.45, 7) is 0. The third-order valence-electron chi connectivity index (χ3n) is 2.75. The molecule has 1 aromatic rings. The topological polar surface area (TPSA) is 63.3 Å². The molecule has 0 saturated heterocycles. The fraction of sp³-hybridized carbons (Fsp3) is 0.455. The maximum absolute atomic E-state index is 5.51. The van der Waals surface area contributed by atoms with E-state index in [1.807, 2.05) is 6.07 Å². The van der Waals surface area contributed by atoms with E-state index in [9.17, 15) is 0 Å². The van der Waals surface area contributed by atoms with Gasteiger partial charge in [0, 0.05) is 22.4 Å². The van der Waals surface area contributed by atoms with Crippen molar-refractivity contribution >= 4 is 21.8 Å². The SMILES string of the molecule is NNC(=NC1CCCC1)c1cncc(Br)c1. The van der Waals surface area contributed by atoms with E-state index in [1.54, 1.807) is 12.4 Å². The number of halogens is 1. The van der Waals surface area contributed by atoms with Crippen molar-refractivity contribution in [3.8, 4) is 0 Å². The van der Waals surface area contributed by atoms with Crippen molar-refractivity contribution in [3.63, 3.8) is 0 Å². The molecule has 1 saturated carbocycles. The Morgan fingerprint density at radius 2 is 2.19 bits per heavy atom. The first kappa shape index (κ1) is 11.5. The van der Waals surface area contributed by atoms with Gasteiger partial charge >= 0.3 is 0 Å². The predicted octanol–water partition coefficient (Wildman–Crippen LogP) is 2.00. The first-order valence-electron chi connectivity index (χ1n) is 5.45. The molecular formula is C11H15BrN4. The van der Waals surface area contributed by atoms with Crippen LogP contribution < -0.4 is 11.3 Å². The summed E-state index contributed by atoms with van der Waals surface area (Å²) in [6.07, 6.45) is 8.36. The Hall–Kier alpha value is -0.940. The number of aliphatic imine (C=N–C) groups is 1. The maximum Gasteiger partial charge on any atom is 0.144 e. The van der Waals surface area contributed by atoms with Crippen LogP contribution in [0.15, 0.2) is 27.9 Å². The van der Waals surface area contributed by atoms with Crippen LogP contribution in [0.2, 0.25) is 0 Å². The number of nitrogens with one attached hydrogen (secondary N) is 1. The average molecular weight is 283 g/mol. The Morgan fingerprint density at radius 3 is 2.81 bits per heavy atom. The van der Waals surface area contributed by atoms with Crippen LogP contribution in [0, 0.1) is 0 Å². The summed E-state index contributed by atoms with van der Waals surface area (Å²) in [6, 6.07) is 2.37. The fourth-order valence-electron chi connectivity index (χ4n) is 1.95. The molecule has 5 heteroatoms. The van der Waals surface area contributed by atoms with Gasteiger partial charge in [-0.05, 0) is 34.8 Å². The van der Waals surface area contributed by atoms with Gasteiger partial charge in [-0.15, -0.1) is 0 Å². The van der Waals surface area contributed by atoms with E-state index in [0.717, 1.165) is 28.7 Å². The van der Waals surface area contributed by atoms with Gasteiger partial charge in [0.15, 0.2) is 0 Å². The average Bonchev–Trinajstić information content (AvgIpc) is 2.78. The summed E-state index contributed by atoms with van der Waals surface area (Å²) in [5, 5.41) is 0. The predicted molar refractivity (Wildman–Crippen MR) is 68.1 cm³/mol. The lowest BCUT2D eigenvalue weighted by atomic mass is 10.2. The lowest BCUT2D eigenvalue weighted by Crippen LogP contribution is -2.32. The van der Waals surface area contributed by atoms with E-state index in [4.69, 9.17) is 5.84 Å². The molecule has 0 aliphatic heterocycles. The Labute approximate surface area is 103 Å². The highest BCUT2D eigenvalue weighted by atomic mass is 79.9. The summed E-state index contributed by atoms with van der Waals surface area (Å²) < 4.78 is 0.930. The quantitative estimate of drug-likeness (QED) is 0.377. The minimum absolute atomic E-state index is 0.407. The van der Waals surface area contributed by atoms with E-state index in [2.05, 4.69) is 31.3 Å². The van der Waals surface area contributed by atoms with Crippen LogP contribution in [0.5, 0.6) is 0 Å². The lowest BCUT2D eigenvalue weighted by molar-refractivity contribution is 0.700. The van der Waals surface area contributed by atoms with Crippen LogP contribution in [0.1, 0.15) is 31.2 Å². The van der Waals surface area contributed by atoms with Gasteiger partial charge < -0.3 is 5.43 Å². The highest BCUT2D eigenvalue weighted by Gasteiger charge is 2.15. The van der Waals surface area contributed by atoms with Crippen molar-refractivity contribution in [1.82, 2.24) is 10.4 Å². The molecule has 0 spiro atoms. The van der Waals surface area contributed by atoms with Crippen LogP contribution in [0.25, 0.3) is 0 Å². The molecule has 1 fully saturated rings. The van der Waals surface area contributed by atoms with Crippen molar-refractivity contribution < 1.29 is 0 Å². The molecule has 0 atom stereocenters. The number of nitrogens with zero attached hydrogens (tertiary/aromatic N) is 2. The van der Waals surface area contributed by atoms with Crippen molar-refractivity contribution in [3.05, 3.63) is 28.5 Å². The zero-order valence-corrected chi connectivity index (χ0v) is 10.6. The minimum atomic E-state index is 0.407. The molecule has 1 aliphatic carbocycles. The highest BCUT2D eigenvalue weighted by Crippen LogP contribution is 2.21. The molecule has 0 radical (unpaired) electrons. The first-order chi connectivity index (χ1) is 7.79. The molecule has 86 valence electrons. The monoisotopic (exact) mass is 282 g/mol. The second-order valence-corrected chi connectivity index (χ2v) is 4.87. The third-order valence-corrected chi connectivity index (χ3v) is 3.19. The van der Waals surface area contributed by atoms with Gasteiger partial charge in [-0.1, -0.05) is 12.8 Å². The van der Waals surface area contributed by atoms with Crippen molar-refractivity contribution in [2.75, 3.05) is 0 Å². The van der Waals surface area contributed by atoms with Crippen molar-refractivity contribution in [2.24, 2.45) is 10.8 Å². The molecule has 0 amide bonds. The summed E-state index contributed by atoms with van der Waals surface area (Å²) in [7, 11) is 0. The standard InChI is InChI=1S/C11H15BrN4/c12-9-5-8(6-14-7-9)11(16-13)15-10-3-1-2-4-10/h5-7,10H,1-4,13H2,(H,15,16). The molecule has 16 heavy (non-hydrogen) atoms. The number of hydrogen-bond donors (Lipinski definition) is 2. The molecular weight excluding hydrogens is 268 g/mol. The lowest BCUT2D eigenvalue weighted by Gasteiger charge is -2.09. The van der Waals surface area contributed by atoms with E-state index >= 15 is 0 Å². The summed E-state index contributed by atoms with van der Waals surface area (Å²) in [5.41, 5.74) is 3.58. The molecule has 4 nitrogen and oxygen atoms in total. The molecule has 3 N–H and O–H groups in total. The van der Waals surface area contributed by atoms with Gasteiger partial charge in [-0.2, -0.15) is 0 Å². The number of pyridine rings is 1. The zero-order valence-electron chi connectivity index (χ0n) is 8.99.